The van der Waals surface area contributed by atoms with Crippen molar-refractivity contribution in [2.24, 2.45) is 0 Å². The smallest absolute Gasteiger partial charge is 0.0845 e. The first-order valence-corrected chi connectivity index (χ1v) is 6.16. The van der Waals surface area contributed by atoms with Crippen LogP contribution in [0.1, 0.15) is 17.2 Å². The standard InChI is InChI=1S/C13H12INO/c14-12-5-3-10(4-6-12)8-13(16)11-2-1-7-15-9-11/h1-7,9,13,16H,8H2. The number of aromatic nitrogens is 1. The minimum Gasteiger partial charge on any atom is -0.388 e. The third-order valence-electron chi connectivity index (χ3n) is 2.41. The zero-order valence-corrected chi connectivity index (χ0v) is 10.8. The van der Waals surface area contributed by atoms with Crippen molar-refractivity contribution in [2.45, 2.75) is 12.5 Å². The maximum Gasteiger partial charge on any atom is 0.0845 e. The number of rotatable bonds is 3. The van der Waals surface area contributed by atoms with Gasteiger partial charge in [0, 0.05) is 22.4 Å². The SMILES string of the molecule is OC(Cc1ccc(I)cc1)c1cccnc1. The lowest BCUT2D eigenvalue weighted by molar-refractivity contribution is 0.178. The molecule has 1 unspecified atom stereocenters. The highest BCUT2D eigenvalue weighted by Gasteiger charge is 2.07. The fourth-order valence-electron chi connectivity index (χ4n) is 1.53. The molecule has 0 aliphatic heterocycles. The number of nitrogens with zero attached hydrogens (tertiary/aromatic N) is 1. The Morgan fingerprint density at radius 3 is 2.56 bits per heavy atom. The van der Waals surface area contributed by atoms with Crippen molar-refractivity contribution in [1.82, 2.24) is 4.98 Å². The molecule has 0 aliphatic carbocycles. The summed E-state index contributed by atoms with van der Waals surface area (Å²) in [5.41, 5.74) is 2.00. The third kappa shape index (κ3) is 3.02. The molecule has 82 valence electrons. The van der Waals surface area contributed by atoms with Crippen LogP contribution in [-0.4, -0.2) is 10.1 Å². The van der Waals surface area contributed by atoms with Gasteiger partial charge in [0.05, 0.1) is 6.10 Å². The van der Waals surface area contributed by atoms with Gasteiger partial charge in [-0.3, -0.25) is 4.98 Å². The predicted molar refractivity (Wildman–Crippen MR) is 72.1 cm³/mol. The Morgan fingerprint density at radius 1 is 1.19 bits per heavy atom. The minimum atomic E-state index is -0.478. The average molecular weight is 325 g/mol. The van der Waals surface area contributed by atoms with E-state index in [2.05, 4.69) is 27.6 Å². The van der Waals surface area contributed by atoms with E-state index in [0.717, 1.165) is 11.1 Å². The first-order chi connectivity index (χ1) is 7.75. The van der Waals surface area contributed by atoms with Crippen LogP contribution in [0.2, 0.25) is 0 Å². The Kier molecular flexibility index (Phi) is 3.90. The maximum atomic E-state index is 10.0. The zero-order valence-electron chi connectivity index (χ0n) is 8.68. The summed E-state index contributed by atoms with van der Waals surface area (Å²) in [5, 5.41) is 10.0. The number of hydrogen-bond donors (Lipinski definition) is 1. The largest absolute Gasteiger partial charge is 0.388 e. The Balaban J connectivity index is 2.08. The number of pyridine rings is 1. The van der Waals surface area contributed by atoms with Gasteiger partial charge in [-0.2, -0.15) is 0 Å². The minimum absolute atomic E-state index is 0.478. The lowest BCUT2D eigenvalue weighted by Gasteiger charge is -2.10. The second-order valence-electron chi connectivity index (χ2n) is 3.63. The molecule has 0 saturated carbocycles. The molecule has 0 amide bonds. The van der Waals surface area contributed by atoms with Crippen molar-refractivity contribution < 1.29 is 5.11 Å². The molecule has 16 heavy (non-hydrogen) atoms. The lowest BCUT2D eigenvalue weighted by Crippen LogP contribution is -2.01. The van der Waals surface area contributed by atoms with Crippen molar-refractivity contribution in [2.75, 3.05) is 0 Å². The molecule has 2 nitrogen and oxygen atoms in total. The molecule has 1 N–H and O–H groups in total. The van der Waals surface area contributed by atoms with Crippen LogP contribution in [0.25, 0.3) is 0 Å². The van der Waals surface area contributed by atoms with Crippen LogP contribution in [0.5, 0.6) is 0 Å². The van der Waals surface area contributed by atoms with Gasteiger partial charge in [-0.15, -0.1) is 0 Å². The summed E-state index contributed by atoms with van der Waals surface area (Å²) < 4.78 is 1.21. The highest BCUT2D eigenvalue weighted by molar-refractivity contribution is 14.1. The van der Waals surface area contributed by atoms with Gasteiger partial charge in [0.2, 0.25) is 0 Å². The lowest BCUT2D eigenvalue weighted by atomic mass is 10.0. The van der Waals surface area contributed by atoms with E-state index in [1.807, 2.05) is 36.4 Å². The summed E-state index contributed by atoms with van der Waals surface area (Å²) in [6.45, 7) is 0. The molecule has 0 aliphatic rings. The van der Waals surface area contributed by atoms with Gasteiger partial charge in [-0.05, 0) is 51.9 Å². The monoisotopic (exact) mass is 325 g/mol. The number of aliphatic hydroxyl groups excluding tert-OH is 1. The third-order valence-corrected chi connectivity index (χ3v) is 3.13. The van der Waals surface area contributed by atoms with Crippen LogP contribution in [0.15, 0.2) is 48.8 Å². The van der Waals surface area contributed by atoms with Crippen molar-refractivity contribution in [3.8, 4) is 0 Å². The van der Waals surface area contributed by atoms with Crippen molar-refractivity contribution in [3.05, 3.63) is 63.5 Å². The van der Waals surface area contributed by atoms with Gasteiger partial charge in [-0.25, -0.2) is 0 Å². The molecule has 0 fully saturated rings. The molecule has 0 bridgehead atoms. The van der Waals surface area contributed by atoms with E-state index in [4.69, 9.17) is 0 Å². The molecule has 2 aromatic rings. The Hall–Kier alpha value is -0.940. The van der Waals surface area contributed by atoms with E-state index in [1.165, 1.54) is 3.57 Å². The summed E-state index contributed by atoms with van der Waals surface area (Å²) in [5.74, 6) is 0. The summed E-state index contributed by atoms with van der Waals surface area (Å²) in [6, 6.07) is 11.9. The molecule has 0 saturated heterocycles. The molecule has 1 heterocycles. The average Bonchev–Trinajstić information content (AvgIpc) is 2.33. The van der Waals surface area contributed by atoms with E-state index in [9.17, 15) is 5.11 Å². The van der Waals surface area contributed by atoms with Gasteiger partial charge in [0.15, 0.2) is 0 Å². The fraction of sp³-hybridized carbons (Fsp3) is 0.154. The van der Waals surface area contributed by atoms with E-state index < -0.39 is 6.10 Å². The highest BCUT2D eigenvalue weighted by Crippen LogP contribution is 2.17. The Bertz CT molecular complexity index is 441. The number of benzene rings is 1. The summed E-state index contributed by atoms with van der Waals surface area (Å²) in [7, 11) is 0. The van der Waals surface area contributed by atoms with E-state index in [-0.39, 0.29) is 0 Å². The molecule has 2 rings (SSSR count). The van der Waals surface area contributed by atoms with Crippen molar-refractivity contribution >= 4 is 22.6 Å². The van der Waals surface area contributed by atoms with Crippen LogP contribution >= 0.6 is 22.6 Å². The van der Waals surface area contributed by atoms with Crippen LogP contribution in [0, 0.1) is 3.57 Å². The van der Waals surface area contributed by atoms with Gasteiger partial charge in [-0.1, -0.05) is 18.2 Å². The molecule has 3 heteroatoms. The van der Waals surface area contributed by atoms with Crippen LogP contribution in [0.3, 0.4) is 0 Å². The molecule has 0 radical (unpaired) electrons. The number of hydrogen-bond acceptors (Lipinski definition) is 2. The first kappa shape index (κ1) is 11.5. The molecule has 0 spiro atoms. The van der Waals surface area contributed by atoms with Gasteiger partial charge in [0.1, 0.15) is 0 Å². The normalized spacial score (nSPS) is 12.4. The van der Waals surface area contributed by atoms with Crippen LogP contribution in [0.4, 0.5) is 0 Å². The molecular weight excluding hydrogens is 313 g/mol. The van der Waals surface area contributed by atoms with E-state index in [1.54, 1.807) is 12.4 Å². The van der Waals surface area contributed by atoms with Crippen molar-refractivity contribution in [1.29, 1.82) is 0 Å². The number of aliphatic hydroxyl groups is 1. The van der Waals surface area contributed by atoms with E-state index in [0.29, 0.717) is 6.42 Å². The quantitative estimate of drug-likeness (QED) is 0.880. The molecular formula is C13H12INO. The van der Waals surface area contributed by atoms with Gasteiger partial charge >= 0.3 is 0 Å². The summed E-state index contributed by atoms with van der Waals surface area (Å²) in [6.07, 6.45) is 3.56. The molecule has 1 aromatic heterocycles. The zero-order chi connectivity index (χ0) is 11.4. The van der Waals surface area contributed by atoms with E-state index >= 15 is 0 Å². The second kappa shape index (κ2) is 5.41. The predicted octanol–water partition coefficient (Wildman–Crippen LogP) is 2.96. The van der Waals surface area contributed by atoms with Gasteiger partial charge in [0.25, 0.3) is 0 Å². The summed E-state index contributed by atoms with van der Waals surface area (Å²) in [4.78, 5) is 4.00. The highest BCUT2D eigenvalue weighted by atomic mass is 127. The Labute approximate surface area is 108 Å². The van der Waals surface area contributed by atoms with Crippen molar-refractivity contribution in [3.63, 3.8) is 0 Å². The summed E-state index contributed by atoms with van der Waals surface area (Å²) >= 11 is 2.27. The fourth-order valence-corrected chi connectivity index (χ4v) is 1.89. The topological polar surface area (TPSA) is 33.1 Å². The second-order valence-corrected chi connectivity index (χ2v) is 4.88. The number of halogens is 1. The van der Waals surface area contributed by atoms with Crippen LogP contribution < -0.4 is 0 Å². The Morgan fingerprint density at radius 2 is 1.94 bits per heavy atom. The maximum absolute atomic E-state index is 10.0. The molecule has 1 atom stereocenters. The van der Waals surface area contributed by atoms with Crippen LogP contribution in [-0.2, 0) is 6.42 Å². The van der Waals surface area contributed by atoms with Gasteiger partial charge < -0.3 is 5.11 Å². The molecule has 1 aromatic carbocycles. The first-order valence-electron chi connectivity index (χ1n) is 5.08.